The Morgan fingerprint density at radius 3 is 3.07 bits per heavy atom. The second-order valence-electron chi connectivity index (χ2n) is 2.36. The van der Waals surface area contributed by atoms with E-state index in [9.17, 15) is 4.79 Å². The molecular weight excluding hydrogens is 248 g/mol. The maximum absolute atomic E-state index is 11.4. The normalized spacial score (nSPS) is 9.21. The molecule has 0 fully saturated rings. The molecule has 1 heterocycles. The topological polar surface area (TPSA) is 63.0 Å². The van der Waals surface area contributed by atoms with Crippen LogP contribution in [0.25, 0.3) is 0 Å². The Bertz CT molecular complexity index is 398. The fraction of sp³-hybridized carbons (Fsp3) is 0.222. The highest BCUT2D eigenvalue weighted by Crippen LogP contribution is 2.18. The molecular formula is C9H7BrN2O2. The lowest BCUT2D eigenvalue weighted by molar-refractivity contribution is 0.0524. The van der Waals surface area contributed by atoms with Crippen LogP contribution in [0.5, 0.6) is 0 Å². The lowest BCUT2D eigenvalue weighted by Crippen LogP contribution is -2.08. The summed E-state index contributed by atoms with van der Waals surface area (Å²) in [4.78, 5) is 15.3. The molecule has 0 aliphatic carbocycles. The summed E-state index contributed by atoms with van der Waals surface area (Å²) in [5.41, 5.74) is 0.433. The molecule has 1 rings (SSSR count). The van der Waals surface area contributed by atoms with E-state index in [1.165, 1.54) is 12.3 Å². The summed E-state index contributed by atoms with van der Waals surface area (Å²) < 4.78 is 5.12. The standard InChI is InChI=1S/C9H7BrN2O2/c1-2-14-9(13)7-6(5-11)3-4-12-8(7)10/h3-4H,2H2,1H3. The minimum absolute atomic E-state index is 0.178. The highest BCUT2D eigenvalue weighted by atomic mass is 79.9. The number of hydrogen-bond donors (Lipinski definition) is 0. The zero-order chi connectivity index (χ0) is 10.6. The lowest BCUT2D eigenvalue weighted by atomic mass is 10.1. The van der Waals surface area contributed by atoms with E-state index in [0.717, 1.165) is 0 Å². The highest BCUT2D eigenvalue weighted by Gasteiger charge is 2.16. The molecule has 0 amide bonds. The third-order valence-electron chi connectivity index (χ3n) is 1.50. The SMILES string of the molecule is CCOC(=O)c1c(C#N)ccnc1Br. The summed E-state index contributed by atoms with van der Waals surface area (Å²) >= 11 is 3.10. The number of nitriles is 1. The van der Waals surface area contributed by atoms with Crippen molar-refractivity contribution in [1.82, 2.24) is 4.98 Å². The Morgan fingerprint density at radius 2 is 2.50 bits per heavy atom. The maximum Gasteiger partial charge on any atom is 0.342 e. The first-order valence-corrected chi connectivity index (χ1v) is 4.71. The van der Waals surface area contributed by atoms with Crippen molar-refractivity contribution in [2.24, 2.45) is 0 Å². The van der Waals surface area contributed by atoms with Gasteiger partial charge in [-0.05, 0) is 28.9 Å². The minimum Gasteiger partial charge on any atom is -0.462 e. The number of carbonyl (C=O) groups is 1. The molecule has 0 aromatic carbocycles. The van der Waals surface area contributed by atoms with E-state index in [2.05, 4.69) is 20.9 Å². The molecule has 0 aliphatic rings. The average Bonchev–Trinajstić information content (AvgIpc) is 2.17. The van der Waals surface area contributed by atoms with Gasteiger partial charge in [0.15, 0.2) is 0 Å². The quantitative estimate of drug-likeness (QED) is 0.598. The van der Waals surface area contributed by atoms with Gasteiger partial charge in [0, 0.05) is 6.20 Å². The Labute approximate surface area is 89.6 Å². The van der Waals surface area contributed by atoms with Crippen molar-refractivity contribution in [2.75, 3.05) is 6.61 Å². The van der Waals surface area contributed by atoms with Crippen LogP contribution in [0.2, 0.25) is 0 Å². The third kappa shape index (κ3) is 2.09. The molecule has 4 nitrogen and oxygen atoms in total. The van der Waals surface area contributed by atoms with Crippen LogP contribution in [0, 0.1) is 11.3 Å². The van der Waals surface area contributed by atoms with E-state index >= 15 is 0 Å². The molecule has 0 bridgehead atoms. The molecule has 0 unspecified atom stereocenters. The van der Waals surface area contributed by atoms with E-state index in [1.807, 2.05) is 6.07 Å². The summed E-state index contributed by atoms with van der Waals surface area (Å²) in [5, 5.41) is 8.75. The first kappa shape index (κ1) is 10.7. The van der Waals surface area contributed by atoms with Crippen LogP contribution in [0.3, 0.4) is 0 Å². The highest BCUT2D eigenvalue weighted by molar-refractivity contribution is 9.10. The number of ether oxygens (including phenoxy) is 1. The van der Waals surface area contributed by atoms with E-state index in [1.54, 1.807) is 6.92 Å². The van der Waals surface area contributed by atoms with Crippen molar-refractivity contribution in [3.63, 3.8) is 0 Å². The maximum atomic E-state index is 11.4. The van der Waals surface area contributed by atoms with Crippen molar-refractivity contribution in [2.45, 2.75) is 6.92 Å². The van der Waals surface area contributed by atoms with E-state index in [0.29, 0.717) is 4.60 Å². The fourth-order valence-electron chi connectivity index (χ4n) is 0.927. The Hall–Kier alpha value is -1.41. The first-order chi connectivity index (χ1) is 6.70. The van der Waals surface area contributed by atoms with E-state index in [4.69, 9.17) is 10.00 Å². The molecule has 0 aliphatic heterocycles. The van der Waals surface area contributed by atoms with Crippen molar-refractivity contribution >= 4 is 21.9 Å². The molecule has 1 aromatic heterocycles. The predicted molar refractivity (Wildman–Crippen MR) is 52.6 cm³/mol. The van der Waals surface area contributed by atoms with Crippen LogP contribution in [0.1, 0.15) is 22.8 Å². The van der Waals surface area contributed by atoms with Gasteiger partial charge in [0.1, 0.15) is 16.2 Å². The lowest BCUT2D eigenvalue weighted by Gasteiger charge is -2.04. The number of carbonyl (C=O) groups excluding carboxylic acids is 1. The van der Waals surface area contributed by atoms with Crippen LogP contribution >= 0.6 is 15.9 Å². The van der Waals surface area contributed by atoms with Crippen molar-refractivity contribution in [1.29, 1.82) is 5.26 Å². The van der Waals surface area contributed by atoms with Gasteiger partial charge < -0.3 is 4.74 Å². The summed E-state index contributed by atoms with van der Waals surface area (Å²) in [6.45, 7) is 1.97. The summed E-state index contributed by atoms with van der Waals surface area (Å²) in [5.74, 6) is -0.538. The van der Waals surface area contributed by atoms with Gasteiger partial charge in [-0.25, -0.2) is 9.78 Å². The summed E-state index contributed by atoms with van der Waals surface area (Å²) in [6, 6.07) is 3.37. The van der Waals surface area contributed by atoms with Crippen LogP contribution in [-0.4, -0.2) is 17.6 Å². The minimum atomic E-state index is -0.538. The van der Waals surface area contributed by atoms with Gasteiger partial charge in [0.25, 0.3) is 0 Å². The number of nitrogens with zero attached hydrogens (tertiary/aromatic N) is 2. The number of rotatable bonds is 2. The van der Waals surface area contributed by atoms with Gasteiger partial charge in [-0.15, -0.1) is 0 Å². The van der Waals surface area contributed by atoms with E-state index < -0.39 is 5.97 Å². The molecule has 14 heavy (non-hydrogen) atoms. The van der Waals surface area contributed by atoms with Gasteiger partial charge in [-0.3, -0.25) is 0 Å². The molecule has 1 aromatic rings. The Morgan fingerprint density at radius 1 is 1.79 bits per heavy atom. The van der Waals surface area contributed by atoms with Gasteiger partial charge in [0.05, 0.1) is 12.2 Å². The molecule has 5 heteroatoms. The largest absolute Gasteiger partial charge is 0.462 e. The average molecular weight is 255 g/mol. The third-order valence-corrected chi connectivity index (χ3v) is 2.11. The fourth-order valence-corrected chi connectivity index (χ4v) is 1.42. The predicted octanol–water partition coefficient (Wildman–Crippen LogP) is 1.89. The van der Waals surface area contributed by atoms with Gasteiger partial charge in [-0.2, -0.15) is 5.26 Å². The summed E-state index contributed by atoms with van der Waals surface area (Å²) in [7, 11) is 0. The van der Waals surface area contributed by atoms with E-state index in [-0.39, 0.29) is 17.7 Å². The van der Waals surface area contributed by atoms with Crippen molar-refractivity contribution in [3.05, 3.63) is 28.0 Å². The Kier molecular flexibility index (Phi) is 3.60. The number of halogens is 1. The second-order valence-corrected chi connectivity index (χ2v) is 3.11. The van der Waals surface area contributed by atoms with Gasteiger partial charge in [0.2, 0.25) is 0 Å². The summed E-state index contributed by atoms with van der Waals surface area (Å²) in [6.07, 6.45) is 1.45. The van der Waals surface area contributed by atoms with Crippen molar-refractivity contribution < 1.29 is 9.53 Å². The number of hydrogen-bond acceptors (Lipinski definition) is 4. The van der Waals surface area contributed by atoms with Crippen LogP contribution in [-0.2, 0) is 4.74 Å². The molecule has 0 atom stereocenters. The number of esters is 1. The van der Waals surface area contributed by atoms with Crippen LogP contribution in [0.4, 0.5) is 0 Å². The van der Waals surface area contributed by atoms with Gasteiger partial charge in [-0.1, -0.05) is 0 Å². The molecule has 0 spiro atoms. The Balaban J connectivity index is 3.18. The molecule has 0 saturated heterocycles. The number of aromatic nitrogens is 1. The van der Waals surface area contributed by atoms with Crippen LogP contribution in [0.15, 0.2) is 16.9 Å². The first-order valence-electron chi connectivity index (χ1n) is 3.92. The molecule has 72 valence electrons. The number of pyridine rings is 1. The van der Waals surface area contributed by atoms with Crippen LogP contribution < -0.4 is 0 Å². The molecule has 0 saturated carbocycles. The van der Waals surface area contributed by atoms with Crippen molar-refractivity contribution in [3.8, 4) is 6.07 Å². The second kappa shape index (κ2) is 4.72. The van der Waals surface area contributed by atoms with Gasteiger partial charge >= 0.3 is 5.97 Å². The smallest absolute Gasteiger partial charge is 0.342 e. The zero-order valence-corrected chi connectivity index (χ0v) is 9.04. The zero-order valence-electron chi connectivity index (χ0n) is 7.45. The molecule has 0 radical (unpaired) electrons. The monoisotopic (exact) mass is 254 g/mol. The molecule has 0 N–H and O–H groups in total.